The van der Waals surface area contributed by atoms with Gasteiger partial charge < -0.3 is 15.7 Å². The highest BCUT2D eigenvalue weighted by Gasteiger charge is 2.08. The van der Waals surface area contributed by atoms with Gasteiger partial charge in [0.1, 0.15) is 0 Å². The number of aliphatic hydroxyl groups excluding tert-OH is 1. The first-order valence-electron chi connectivity index (χ1n) is 5.42. The zero-order chi connectivity index (χ0) is 11.4. The molecule has 3 heteroatoms. The molecule has 0 heterocycles. The molecule has 15 heavy (non-hydrogen) atoms. The molecule has 1 aromatic carbocycles. The minimum absolute atomic E-state index is 0.460. The second kappa shape index (κ2) is 5.03. The molecule has 0 unspecified atom stereocenters. The molecule has 0 amide bonds. The second-order valence-corrected chi connectivity index (χ2v) is 3.67. The molecule has 84 valence electrons. The summed E-state index contributed by atoms with van der Waals surface area (Å²) < 4.78 is 0. The van der Waals surface area contributed by atoms with Crippen LogP contribution in [0, 0.1) is 0 Å². The summed E-state index contributed by atoms with van der Waals surface area (Å²) in [6.07, 6.45) is -0.460. The van der Waals surface area contributed by atoms with Gasteiger partial charge in [-0.15, -0.1) is 0 Å². The van der Waals surface area contributed by atoms with Gasteiger partial charge in [-0.2, -0.15) is 0 Å². The van der Waals surface area contributed by atoms with Gasteiger partial charge in [0, 0.05) is 13.1 Å². The summed E-state index contributed by atoms with van der Waals surface area (Å²) in [5.41, 5.74) is 8.60. The maximum atomic E-state index is 9.42. The third kappa shape index (κ3) is 2.63. The number of benzene rings is 1. The molecule has 1 atom stereocenters. The number of hydrogen-bond donors (Lipinski definition) is 2. The van der Waals surface area contributed by atoms with Crippen molar-refractivity contribution in [1.29, 1.82) is 0 Å². The molecule has 0 aromatic heterocycles. The Bertz CT molecular complexity index is 319. The van der Waals surface area contributed by atoms with Crippen LogP contribution in [0.15, 0.2) is 18.2 Å². The molecule has 0 saturated carbocycles. The predicted molar refractivity (Wildman–Crippen MR) is 65.0 cm³/mol. The van der Waals surface area contributed by atoms with Crippen LogP contribution < -0.4 is 10.6 Å². The summed E-state index contributed by atoms with van der Waals surface area (Å²) in [5, 5.41) is 9.42. The van der Waals surface area contributed by atoms with E-state index in [0.29, 0.717) is 0 Å². The van der Waals surface area contributed by atoms with E-state index < -0.39 is 6.10 Å². The predicted octanol–water partition coefficient (Wildman–Crippen LogP) is 2.17. The highest BCUT2D eigenvalue weighted by molar-refractivity contribution is 5.68. The van der Waals surface area contributed by atoms with Crippen molar-refractivity contribution in [2.24, 2.45) is 0 Å². The van der Waals surface area contributed by atoms with Crippen LogP contribution in [0.5, 0.6) is 0 Å². The van der Waals surface area contributed by atoms with Crippen LogP contribution in [0.4, 0.5) is 11.4 Å². The van der Waals surface area contributed by atoms with Crippen molar-refractivity contribution in [2.75, 3.05) is 23.7 Å². The Morgan fingerprint density at radius 3 is 2.33 bits per heavy atom. The monoisotopic (exact) mass is 208 g/mol. The summed E-state index contributed by atoms with van der Waals surface area (Å²) in [4.78, 5) is 2.20. The van der Waals surface area contributed by atoms with Crippen LogP contribution in [-0.2, 0) is 0 Å². The lowest BCUT2D eigenvalue weighted by atomic mass is 10.1. The van der Waals surface area contributed by atoms with Crippen molar-refractivity contribution in [1.82, 2.24) is 0 Å². The third-order valence-electron chi connectivity index (χ3n) is 2.64. The smallest absolute Gasteiger partial charge is 0.0762 e. The highest BCUT2D eigenvalue weighted by atomic mass is 16.3. The van der Waals surface area contributed by atoms with Crippen LogP contribution in [0.1, 0.15) is 32.4 Å². The first-order valence-corrected chi connectivity index (χ1v) is 5.42. The molecule has 0 radical (unpaired) electrons. The third-order valence-corrected chi connectivity index (χ3v) is 2.64. The van der Waals surface area contributed by atoms with Crippen molar-refractivity contribution in [3.05, 3.63) is 23.8 Å². The average molecular weight is 208 g/mol. The Hall–Kier alpha value is -1.22. The Morgan fingerprint density at radius 1 is 1.33 bits per heavy atom. The Morgan fingerprint density at radius 2 is 1.93 bits per heavy atom. The fourth-order valence-corrected chi connectivity index (χ4v) is 1.69. The second-order valence-electron chi connectivity index (χ2n) is 3.67. The summed E-state index contributed by atoms with van der Waals surface area (Å²) in [5.74, 6) is 0. The normalized spacial score (nSPS) is 12.5. The van der Waals surface area contributed by atoms with Gasteiger partial charge in [-0.1, -0.05) is 6.07 Å². The van der Waals surface area contributed by atoms with Gasteiger partial charge in [0.05, 0.1) is 17.5 Å². The van der Waals surface area contributed by atoms with E-state index >= 15 is 0 Å². The van der Waals surface area contributed by atoms with Crippen LogP contribution in [0.25, 0.3) is 0 Å². The molecular weight excluding hydrogens is 188 g/mol. The van der Waals surface area contributed by atoms with Crippen molar-refractivity contribution >= 4 is 11.4 Å². The zero-order valence-corrected chi connectivity index (χ0v) is 9.70. The molecule has 0 fully saturated rings. The number of rotatable bonds is 4. The van der Waals surface area contributed by atoms with Crippen LogP contribution in [0.2, 0.25) is 0 Å². The molecule has 1 aromatic rings. The average Bonchev–Trinajstić information content (AvgIpc) is 2.21. The van der Waals surface area contributed by atoms with Gasteiger partial charge in [0.25, 0.3) is 0 Å². The lowest BCUT2D eigenvalue weighted by Crippen LogP contribution is -2.22. The molecule has 0 bridgehead atoms. The molecule has 1 rings (SSSR count). The minimum atomic E-state index is -0.460. The number of anilines is 2. The molecule has 3 N–H and O–H groups in total. The summed E-state index contributed by atoms with van der Waals surface area (Å²) >= 11 is 0. The topological polar surface area (TPSA) is 49.5 Å². The number of nitrogens with two attached hydrogens (primary N) is 1. The van der Waals surface area contributed by atoms with Crippen molar-refractivity contribution < 1.29 is 5.11 Å². The molecule has 0 saturated heterocycles. The molecule has 0 aliphatic heterocycles. The number of hydrogen-bond acceptors (Lipinski definition) is 3. The fraction of sp³-hybridized carbons (Fsp3) is 0.500. The van der Waals surface area contributed by atoms with Crippen LogP contribution >= 0.6 is 0 Å². The molecule has 3 nitrogen and oxygen atoms in total. The van der Waals surface area contributed by atoms with Crippen molar-refractivity contribution in [2.45, 2.75) is 26.9 Å². The summed E-state index contributed by atoms with van der Waals surface area (Å²) in [7, 11) is 0. The van der Waals surface area contributed by atoms with E-state index in [2.05, 4.69) is 18.7 Å². The Balaban J connectivity index is 3.02. The van der Waals surface area contributed by atoms with Crippen LogP contribution in [0.3, 0.4) is 0 Å². The zero-order valence-electron chi connectivity index (χ0n) is 9.70. The number of nitrogens with zero attached hydrogens (tertiary/aromatic N) is 1. The van der Waals surface area contributed by atoms with Crippen molar-refractivity contribution in [3.63, 3.8) is 0 Å². The largest absolute Gasteiger partial charge is 0.397 e. The molecule has 0 spiro atoms. The summed E-state index contributed by atoms with van der Waals surface area (Å²) in [6, 6.07) is 5.75. The lowest BCUT2D eigenvalue weighted by molar-refractivity contribution is 0.199. The van der Waals surface area contributed by atoms with E-state index in [-0.39, 0.29) is 0 Å². The lowest BCUT2D eigenvalue weighted by Gasteiger charge is -2.23. The van der Waals surface area contributed by atoms with Gasteiger partial charge >= 0.3 is 0 Å². The van der Waals surface area contributed by atoms with Crippen LogP contribution in [-0.4, -0.2) is 18.2 Å². The molecule has 0 aliphatic carbocycles. The van der Waals surface area contributed by atoms with E-state index in [0.717, 1.165) is 30.0 Å². The highest BCUT2D eigenvalue weighted by Crippen LogP contribution is 2.26. The maximum Gasteiger partial charge on any atom is 0.0762 e. The number of nitrogen functional groups attached to an aromatic ring is 1. The van der Waals surface area contributed by atoms with Gasteiger partial charge in [0.2, 0.25) is 0 Å². The van der Waals surface area contributed by atoms with E-state index in [1.807, 2.05) is 18.2 Å². The first-order chi connectivity index (χ1) is 7.10. The molecular formula is C12H20N2O. The minimum Gasteiger partial charge on any atom is -0.397 e. The van der Waals surface area contributed by atoms with E-state index in [4.69, 9.17) is 5.73 Å². The van der Waals surface area contributed by atoms with E-state index in [1.54, 1.807) is 6.92 Å². The van der Waals surface area contributed by atoms with E-state index in [1.165, 1.54) is 0 Å². The Kier molecular flexibility index (Phi) is 3.97. The molecule has 0 aliphatic rings. The summed E-state index contributed by atoms with van der Waals surface area (Å²) in [6.45, 7) is 7.83. The number of aliphatic hydroxyl groups is 1. The standard InChI is InChI=1S/C12H20N2O/c1-4-14(5-2)12-7-6-10(9(3)15)8-11(12)13/h6-9,15H,4-5,13H2,1-3H3/t9-/m0/s1. The maximum absolute atomic E-state index is 9.42. The van der Waals surface area contributed by atoms with Gasteiger partial charge in [-0.25, -0.2) is 0 Å². The van der Waals surface area contributed by atoms with Gasteiger partial charge in [0.15, 0.2) is 0 Å². The van der Waals surface area contributed by atoms with Gasteiger partial charge in [-0.05, 0) is 38.5 Å². The van der Waals surface area contributed by atoms with E-state index in [9.17, 15) is 5.11 Å². The Labute approximate surface area is 91.5 Å². The first kappa shape index (κ1) is 11.9. The SMILES string of the molecule is CCN(CC)c1ccc([C@H](C)O)cc1N. The quantitative estimate of drug-likeness (QED) is 0.745. The van der Waals surface area contributed by atoms with Crippen molar-refractivity contribution in [3.8, 4) is 0 Å². The van der Waals surface area contributed by atoms with Gasteiger partial charge in [-0.3, -0.25) is 0 Å². The fourth-order valence-electron chi connectivity index (χ4n) is 1.69.